The summed E-state index contributed by atoms with van der Waals surface area (Å²) in [5.41, 5.74) is 2.00. The Morgan fingerprint density at radius 1 is 1.14 bits per heavy atom. The van der Waals surface area contributed by atoms with Gasteiger partial charge in [0.05, 0.1) is 24.5 Å². The smallest absolute Gasteiger partial charge is 0.240 e. The van der Waals surface area contributed by atoms with Crippen molar-refractivity contribution in [3.63, 3.8) is 0 Å². The van der Waals surface area contributed by atoms with Crippen LogP contribution in [0.5, 0.6) is 0 Å². The molecule has 1 saturated carbocycles. The number of ketones is 1. The summed E-state index contributed by atoms with van der Waals surface area (Å²) in [5.74, 6) is 0.646. The van der Waals surface area contributed by atoms with Crippen molar-refractivity contribution in [1.82, 2.24) is 25.4 Å². The van der Waals surface area contributed by atoms with Crippen molar-refractivity contribution < 1.29 is 14.4 Å². The minimum Gasteiger partial charge on any atom is -0.361 e. The number of fused-ring (bicyclic) bond motifs is 1. The minimum atomic E-state index is -0.606. The second-order valence-electron chi connectivity index (χ2n) is 10.6. The first-order valence-electron chi connectivity index (χ1n) is 13.4. The molecule has 2 amide bonds. The van der Waals surface area contributed by atoms with Gasteiger partial charge in [-0.1, -0.05) is 18.2 Å². The zero-order valence-electron chi connectivity index (χ0n) is 22.2. The predicted octanol–water partition coefficient (Wildman–Crippen LogP) is 2.32. The number of hydrogen-bond donors (Lipinski definition) is 4. The van der Waals surface area contributed by atoms with Crippen LogP contribution in [0.25, 0.3) is 10.9 Å². The summed E-state index contributed by atoms with van der Waals surface area (Å²) in [6, 6.07) is 6.96. The quantitative estimate of drug-likeness (QED) is 0.274. The van der Waals surface area contributed by atoms with Crippen LogP contribution in [0, 0.1) is 17.2 Å². The van der Waals surface area contributed by atoms with E-state index in [1.54, 1.807) is 14.1 Å². The van der Waals surface area contributed by atoms with Crippen LogP contribution in [-0.4, -0.2) is 84.0 Å². The fourth-order valence-electron chi connectivity index (χ4n) is 5.37. The summed E-state index contributed by atoms with van der Waals surface area (Å²) >= 11 is 0. The van der Waals surface area contributed by atoms with Crippen LogP contribution in [0.3, 0.4) is 0 Å². The molecule has 2 atom stereocenters. The highest BCUT2D eigenvalue weighted by molar-refractivity contribution is 5.94. The van der Waals surface area contributed by atoms with Crippen molar-refractivity contribution in [3.05, 3.63) is 36.0 Å². The molecule has 1 aromatic carbocycles. The number of benzene rings is 1. The summed E-state index contributed by atoms with van der Waals surface area (Å²) in [7, 11) is 3.42. The number of aromatic amines is 1. The van der Waals surface area contributed by atoms with E-state index in [1.165, 1.54) is 4.90 Å². The standard InChI is InChI=1S/C28H40N6O3/c1-18(29)34-12-10-19(11-13-34)14-25(30-2)28(37)33(3)17-26(35)32-24(27(36)20-8-9-20)15-21-16-31-23-7-5-4-6-22(21)23/h4-7,16,19-20,24-25,29-31H,8-15,17H2,1-3H3,(H,32,35). The number of H-pyrrole nitrogens is 1. The Bertz CT molecular complexity index is 1130. The molecular weight excluding hydrogens is 468 g/mol. The number of hydrogen-bond acceptors (Lipinski definition) is 5. The van der Waals surface area contributed by atoms with Gasteiger partial charge in [-0.25, -0.2) is 0 Å². The number of aromatic nitrogens is 1. The fraction of sp³-hybridized carbons (Fsp3) is 0.571. The van der Waals surface area contributed by atoms with Crippen LogP contribution in [-0.2, 0) is 20.8 Å². The molecule has 1 aliphatic carbocycles. The van der Waals surface area contributed by atoms with E-state index in [9.17, 15) is 14.4 Å². The van der Waals surface area contributed by atoms with Crippen LogP contribution in [0.4, 0.5) is 0 Å². The van der Waals surface area contributed by atoms with Crippen LogP contribution >= 0.6 is 0 Å². The molecule has 4 rings (SSSR count). The Morgan fingerprint density at radius 3 is 2.49 bits per heavy atom. The molecule has 1 saturated heterocycles. The van der Waals surface area contributed by atoms with E-state index >= 15 is 0 Å². The molecule has 37 heavy (non-hydrogen) atoms. The van der Waals surface area contributed by atoms with Gasteiger partial charge in [-0.2, -0.15) is 0 Å². The lowest BCUT2D eigenvalue weighted by molar-refractivity contribution is -0.137. The maximum Gasteiger partial charge on any atom is 0.240 e. The zero-order chi connectivity index (χ0) is 26.5. The number of nitrogens with zero attached hydrogens (tertiary/aromatic N) is 2. The van der Waals surface area contributed by atoms with Gasteiger partial charge in [-0.05, 0) is 63.6 Å². The number of carbonyl (C=O) groups excluding carboxylic acids is 3. The highest BCUT2D eigenvalue weighted by Gasteiger charge is 2.36. The normalized spacial score (nSPS) is 17.9. The zero-order valence-corrected chi connectivity index (χ0v) is 22.2. The molecule has 2 heterocycles. The lowest BCUT2D eigenvalue weighted by atomic mass is 9.89. The summed E-state index contributed by atoms with van der Waals surface area (Å²) in [6.45, 7) is 3.40. The van der Waals surface area contributed by atoms with E-state index < -0.39 is 6.04 Å². The first kappa shape index (κ1) is 26.9. The first-order chi connectivity index (χ1) is 17.8. The molecule has 200 valence electrons. The number of nitrogens with one attached hydrogen (secondary N) is 4. The van der Waals surface area contributed by atoms with Gasteiger partial charge in [0.2, 0.25) is 11.8 Å². The molecule has 2 aromatic rings. The highest BCUT2D eigenvalue weighted by Crippen LogP contribution is 2.32. The lowest BCUT2D eigenvalue weighted by Crippen LogP contribution is -2.51. The van der Waals surface area contributed by atoms with Crippen molar-refractivity contribution in [3.8, 4) is 0 Å². The predicted molar refractivity (Wildman–Crippen MR) is 144 cm³/mol. The first-order valence-corrected chi connectivity index (χ1v) is 13.4. The average Bonchev–Trinajstić information content (AvgIpc) is 3.67. The van der Waals surface area contributed by atoms with Crippen molar-refractivity contribution in [2.45, 2.75) is 57.5 Å². The van der Waals surface area contributed by atoms with Crippen molar-refractivity contribution in [2.24, 2.45) is 11.8 Å². The molecule has 2 aliphatic rings. The fourth-order valence-corrected chi connectivity index (χ4v) is 5.37. The second kappa shape index (κ2) is 11.9. The number of piperidine rings is 1. The second-order valence-corrected chi connectivity index (χ2v) is 10.6. The number of likely N-dealkylation sites (N-methyl/N-ethyl adjacent to an activating group) is 2. The van der Waals surface area contributed by atoms with E-state index in [1.807, 2.05) is 37.4 Å². The molecule has 0 spiro atoms. The Morgan fingerprint density at radius 2 is 1.84 bits per heavy atom. The largest absolute Gasteiger partial charge is 0.361 e. The van der Waals surface area contributed by atoms with E-state index in [0.29, 0.717) is 24.6 Å². The number of likely N-dealkylation sites (tertiary alicyclic amines) is 1. The van der Waals surface area contributed by atoms with Crippen LogP contribution in [0.2, 0.25) is 0 Å². The maximum atomic E-state index is 13.2. The molecule has 4 N–H and O–H groups in total. The van der Waals surface area contributed by atoms with Gasteiger partial charge in [0, 0.05) is 49.6 Å². The Hall–Kier alpha value is -3.20. The number of amidine groups is 1. The van der Waals surface area contributed by atoms with E-state index in [4.69, 9.17) is 5.41 Å². The average molecular weight is 509 g/mol. The van der Waals surface area contributed by atoms with Crippen LogP contribution in [0.1, 0.15) is 44.6 Å². The third-order valence-corrected chi connectivity index (χ3v) is 7.82. The van der Waals surface area contributed by atoms with Crippen LogP contribution < -0.4 is 10.6 Å². The van der Waals surface area contributed by atoms with Gasteiger partial charge in [-0.3, -0.25) is 19.8 Å². The number of carbonyl (C=O) groups is 3. The number of Topliss-reactive ketones (excluding diaryl/α,β-unsaturated/α-hetero) is 1. The number of rotatable bonds is 11. The summed E-state index contributed by atoms with van der Waals surface area (Å²) < 4.78 is 0. The number of para-hydroxylation sites is 1. The molecule has 0 radical (unpaired) electrons. The van der Waals surface area contributed by atoms with Gasteiger partial charge < -0.3 is 25.4 Å². The van der Waals surface area contributed by atoms with Crippen LogP contribution in [0.15, 0.2) is 30.5 Å². The lowest BCUT2D eigenvalue weighted by Gasteiger charge is -2.34. The van der Waals surface area contributed by atoms with Crippen molar-refractivity contribution in [1.29, 1.82) is 5.41 Å². The number of amides is 2. The van der Waals surface area contributed by atoms with Gasteiger partial charge in [0.15, 0.2) is 5.78 Å². The van der Waals surface area contributed by atoms with Crippen molar-refractivity contribution in [2.75, 3.05) is 33.7 Å². The molecule has 9 heteroatoms. The molecule has 1 aromatic heterocycles. The summed E-state index contributed by atoms with van der Waals surface area (Å²) in [6.07, 6.45) is 6.69. The van der Waals surface area contributed by atoms with E-state index in [0.717, 1.165) is 55.2 Å². The minimum absolute atomic E-state index is 0.0198. The van der Waals surface area contributed by atoms with E-state index in [2.05, 4.69) is 20.5 Å². The SMILES string of the molecule is CNC(CC1CCN(C(C)=N)CC1)C(=O)N(C)CC(=O)NC(Cc1c[nH]c2ccccc12)C(=O)C1CC1. The van der Waals surface area contributed by atoms with Gasteiger partial charge >= 0.3 is 0 Å². The molecule has 9 nitrogen and oxygen atoms in total. The Kier molecular flexibility index (Phi) is 8.63. The third kappa shape index (κ3) is 6.77. The highest BCUT2D eigenvalue weighted by atomic mass is 16.2. The van der Waals surface area contributed by atoms with Crippen molar-refractivity contribution >= 4 is 34.3 Å². The Labute approximate surface area is 218 Å². The molecular formula is C28H40N6O3. The molecule has 0 bridgehead atoms. The topological polar surface area (TPSA) is 121 Å². The van der Waals surface area contributed by atoms with Gasteiger partial charge in [0.25, 0.3) is 0 Å². The molecule has 1 aliphatic heterocycles. The Balaban J connectivity index is 1.33. The summed E-state index contributed by atoms with van der Waals surface area (Å²) in [4.78, 5) is 46.0. The molecule has 2 unspecified atom stereocenters. The third-order valence-electron chi connectivity index (χ3n) is 7.82. The summed E-state index contributed by atoms with van der Waals surface area (Å²) in [5, 5.41) is 14.9. The maximum absolute atomic E-state index is 13.2. The van der Waals surface area contributed by atoms with Gasteiger partial charge in [0.1, 0.15) is 0 Å². The monoisotopic (exact) mass is 508 g/mol. The van der Waals surface area contributed by atoms with Gasteiger partial charge in [-0.15, -0.1) is 0 Å². The molecule has 2 fully saturated rings. The van der Waals surface area contributed by atoms with E-state index in [-0.39, 0.29) is 36.1 Å².